The maximum absolute atomic E-state index is 10.0. The SMILES string of the molecule is C[C@@H](c1ccc(Cl)c(Cl)c1O)N1CCNCC1. The van der Waals surface area contributed by atoms with Crippen LogP contribution in [0.15, 0.2) is 12.1 Å². The lowest BCUT2D eigenvalue weighted by atomic mass is 10.0. The normalized spacial score (nSPS) is 19.2. The molecule has 3 nitrogen and oxygen atoms in total. The molecule has 17 heavy (non-hydrogen) atoms. The highest BCUT2D eigenvalue weighted by Crippen LogP contribution is 2.38. The molecule has 1 heterocycles. The zero-order valence-electron chi connectivity index (χ0n) is 9.71. The van der Waals surface area contributed by atoms with Crippen molar-refractivity contribution < 1.29 is 5.11 Å². The Bertz CT molecular complexity index is 406. The van der Waals surface area contributed by atoms with Crippen molar-refractivity contribution in [2.75, 3.05) is 26.2 Å². The number of benzene rings is 1. The zero-order valence-corrected chi connectivity index (χ0v) is 11.2. The van der Waals surface area contributed by atoms with E-state index in [0.717, 1.165) is 31.7 Å². The first-order valence-electron chi connectivity index (χ1n) is 5.73. The van der Waals surface area contributed by atoms with E-state index < -0.39 is 0 Å². The minimum atomic E-state index is 0.102. The van der Waals surface area contributed by atoms with Gasteiger partial charge >= 0.3 is 0 Å². The van der Waals surface area contributed by atoms with Crippen LogP contribution in [-0.4, -0.2) is 36.2 Å². The van der Waals surface area contributed by atoms with Gasteiger partial charge in [0.1, 0.15) is 10.8 Å². The van der Waals surface area contributed by atoms with Crippen molar-refractivity contribution in [1.29, 1.82) is 0 Å². The van der Waals surface area contributed by atoms with Crippen LogP contribution in [0.1, 0.15) is 18.5 Å². The lowest BCUT2D eigenvalue weighted by Gasteiger charge is -2.33. The molecule has 0 aliphatic carbocycles. The molecule has 0 bridgehead atoms. The Morgan fingerprint density at radius 3 is 2.59 bits per heavy atom. The summed E-state index contributed by atoms with van der Waals surface area (Å²) in [6.07, 6.45) is 0. The van der Waals surface area contributed by atoms with E-state index in [2.05, 4.69) is 17.1 Å². The number of rotatable bonds is 2. The van der Waals surface area contributed by atoms with Gasteiger partial charge in [-0.05, 0) is 13.0 Å². The van der Waals surface area contributed by atoms with Crippen molar-refractivity contribution in [3.05, 3.63) is 27.7 Å². The summed E-state index contributed by atoms with van der Waals surface area (Å²) in [7, 11) is 0. The van der Waals surface area contributed by atoms with E-state index in [-0.39, 0.29) is 16.8 Å². The number of phenols is 1. The van der Waals surface area contributed by atoms with Crippen LogP contribution in [0.5, 0.6) is 5.75 Å². The monoisotopic (exact) mass is 274 g/mol. The summed E-state index contributed by atoms with van der Waals surface area (Å²) in [6, 6.07) is 3.72. The number of phenolic OH excluding ortho intramolecular Hbond substituents is 1. The summed E-state index contributed by atoms with van der Waals surface area (Å²) < 4.78 is 0. The van der Waals surface area contributed by atoms with Crippen LogP contribution in [0, 0.1) is 0 Å². The molecule has 0 saturated carbocycles. The van der Waals surface area contributed by atoms with Gasteiger partial charge in [0.2, 0.25) is 0 Å². The highest BCUT2D eigenvalue weighted by molar-refractivity contribution is 6.43. The molecule has 0 radical (unpaired) electrons. The first kappa shape index (κ1) is 13.0. The van der Waals surface area contributed by atoms with Gasteiger partial charge in [-0.1, -0.05) is 29.3 Å². The minimum absolute atomic E-state index is 0.102. The van der Waals surface area contributed by atoms with Crippen LogP contribution < -0.4 is 5.32 Å². The van der Waals surface area contributed by atoms with E-state index in [9.17, 15) is 5.11 Å². The molecule has 2 rings (SSSR count). The van der Waals surface area contributed by atoms with Crippen molar-refractivity contribution in [3.63, 3.8) is 0 Å². The number of nitrogens with one attached hydrogen (secondary N) is 1. The predicted octanol–water partition coefficient (Wildman–Crippen LogP) is 2.67. The van der Waals surface area contributed by atoms with Crippen molar-refractivity contribution in [3.8, 4) is 5.75 Å². The number of halogens is 2. The molecule has 0 amide bonds. The molecule has 0 unspecified atom stereocenters. The molecule has 1 atom stereocenters. The van der Waals surface area contributed by atoms with Crippen LogP contribution >= 0.6 is 23.2 Å². The second-order valence-electron chi connectivity index (χ2n) is 4.26. The Morgan fingerprint density at radius 1 is 1.29 bits per heavy atom. The number of hydrogen-bond acceptors (Lipinski definition) is 3. The fraction of sp³-hybridized carbons (Fsp3) is 0.500. The minimum Gasteiger partial charge on any atom is -0.506 e. The quantitative estimate of drug-likeness (QED) is 0.871. The van der Waals surface area contributed by atoms with Crippen LogP contribution in [-0.2, 0) is 0 Å². The average Bonchev–Trinajstić information content (AvgIpc) is 2.36. The fourth-order valence-electron chi connectivity index (χ4n) is 2.16. The molecule has 1 aromatic rings. The first-order valence-corrected chi connectivity index (χ1v) is 6.48. The molecule has 1 fully saturated rings. The van der Waals surface area contributed by atoms with Gasteiger partial charge in [0, 0.05) is 37.8 Å². The van der Waals surface area contributed by atoms with E-state index in [4.69, 9.17) is 23.2 Å². The molecular formula is C12H16Cl2N2O. The zero-order chi connectivity index (χ0) is 12.4. The lowest BCUT2D eigenvalue weighted by molar-refractivity contribution is 0.183. The van der Waals surface area contributed by atoms with Crippen LogP contribution in [0.25, 0.3) is 0 Å². The first-order chi connectivity index (χ1) is 8.11. The number of piperazine rings is 1. The van der Waals surface area contributed by atoms with E-state index in [1.54, 1.807) is 6.07 Å². The number of nitrogens with zero attached hydrogens (tertiary/aromatic N) is 1. The summed E-state index contributed by atoms with van der Waals surface area (Å²) in [4.78, 5) is 2.32. The molecular weight excluding hydrogens is 259 g/mol. The summed E-state index contributed by atoms with van der Waals surface area (Å²) >= 11 is 11.8. The molecule has 0 aromatic heterocycles. The Balaban J connectivity index is 2.24. The fourth-order valence-corrected chi connectivity index (χ4v) is 2.48. The van der Waals surface area contributed by atoms with Gasteiger partial charge in [-0.2, -0.15) is 0 Å². The van der Waals surface area contributed by atoms with Gasteiger partial charge < -0.3 is 10.4 Å². The third-order valence-electron chi connectivity index (χ3n) is 3.25. The van der Waals surface area contributed by atoms with Gasteiger partial charge in [-0.15, -0.1) is 0 Å². The summed E-state index contributed by atoms with van der Waals surface area (Å²) in [5.74, 6) is 0.102. The standard InChI is InChI=1S/C12H16Cl2N2O/c1-8(16-6-4-15-5-7-16)9-2-3-10(13)11(14)12(9)17/h2-3,8,15,17H,4-7H2,1H3/t8-/m0/s1. The molecule has 94 valence electrons. The van der Waals surface area contributed by atoms with Crippen molar-refractivity contribution in [1.82, 2.24) is 10.2 Å². The largest absolute Gasteiger partial charge is 0.506 e. The summed E-state index contributed by atoms with van der Waals surface area (Å²) in [5.41, 5.74) is 0.835. The summed E-state index contributed by atoms with van der Waals surface area (Å²) in [5, 5.41) is 14.0. The molecule has 1 saturated heterocycles. The number of hydrogen-bond donors (Lipinski definition) is 2. The molecule has 5 heteroatoms. The van der Waals surface area contributed by atoms with Gasteiger partial charge in [0.05, 0.1) is 5.02 Å². The summed E-state index contributed by atoms with van der Waals surface area (Å²) in [6.45, 7) is 5.98. The predicted molar refractivity (Wildman–Crippen MR) is 71.0 cm³/mol. The third kappa shape index (κ3) is 2.68. The van der Waals surface area contributed by atoms with Gasteiger partial charge in [0.15, 0.2) is 0 Å². The maximum Gasteiger partial charge on any atom is 0.140 e. The van der Waals surface area contributed by atoms with Gasteiger partial charge in [-0.25, -0.2) is 0 Å². The highest BCUT2D eigenvalue weighted by Gasteiger charge is 2.22. The smallest absolute Gasteiger partial charge is 0.140 e. The Hall–Kier alpha value is -0.480. The van der Waals surface area contributed by atoms with Gasteiger partial charge in [-0.3, -0.25) is 4.90 Å². The van der Waals surface area contributed by atoms with Crippen molar-refractivity contribution in [2.45, 2.75) is 13.0 Å². The molecule has 1 aliphatic rings. The van der Waals surface area contributed by atoms with Gasteiger partial charge in [0.25, 0.3) is 0 Å². The molecule has 1 aromatic carbocycles. The van der Waals surface area contributed by atoms with E-state index in [1.807, 2.05) is 6.07 Å². The molecule has 0 spiro atoms. The highest BCUT2D eigenvalue weighted by atomic mass is 35.5. The third-order valence-corrected chi connectivity index (χ3v) is 4.04. The van der Waals surface area contributed by atoms with Crippen molar-refractivity contribution in [2.24, 2.45) is 0 Å². The van der Waals surface area contributed by atoms with E-state index in [0.29, 0.717) is 5.02 Å². The molecule has 1 aliphatic heterocycles. The lowest BCUT2D eigenvalue weighted by Crippen LogP contribution is -2.44. The molecule has 2 N–H and O–H groups in total. The van der Waals surface area contributed by atoms with E-state index in [1.165, 1.54) is 0 Å². The Labute approximate surface area is 111 Å². The Morgan fingerprint density at radius 2 is 1.94 bits per heavy atom. The van der Waals surface area contributed by atoms with Crippen LogP contribution in [0.2, 0.25) is 10.0 Å². The van der Waals surface area contributed by atoms with Crippen molar-refractivity contribution >= 4 is 23.2 Å². The number of aromatic hydroxyl groups is 1. The maximum atomic E-state index is 10.0. The Kier molecular flexibility index (Phi) is 4.15. The average molecular weight is 275 g/mol. The van der Waals surface area contributed by atoms with Crippen LogP contribution in [0.3, 0.4) is 0 Å². The second kappa shape index (κ2) is 5.44. The van der Waals surface area contributed by atoms with E-state index >= 15 is 0 Å². The second-order valence-corrected chi connectivity index (χ2v) is 5.05. The van der Waals surface area contributed by atoms with Crippen LogP contribution in [0.4, 0.5) is 0 Å². The topological polar surface area (TPSA) is 35.5 Å².